The molecular weight excluding hydrogens is 252 g/mol. The second-order valence-electron chi connectivity index (χ2n) is 3.78. The normalized spacial score (nSPS) is 9.61. The van der Waals surface area contributed by atoms with Gasteiger partial charge in [-0.3, -0.25) is 4.79 Å². The van der Waals surface area contributed by atoms with Gasteiger partial charge in [0.2, 0.25) is 5.91 Å². The third-order valence-electron chi connectivity index (χ3n) is 2.29. The number of hydrogen-bond donors (Lipinski definition) is 2. The van der Waals surface area contributed by atoms with Gasteiger partial charge >= 0.3 is 0 Å². The Bertz CT molecular complexity index is 320. The molecule has 0 spiro atoms. The second-order valence-corrected chi connectivity index (χ2v) is 3.78. The van der Waals surface area contributed by atoms with Crippen molar-refractivity contribution in [3.63, 3.8) is 0 Å². The van der Waals surface area contributed by atoms with Crippen molar-refractivity contribution in [3.05, 3.63) is 35.9 Å². The first-order valence-electron chi connectivity index (χ1n) is 5.91. The van der Waals surface area contributed by atoms with E-state index in [-0.39, 0.29) is 18.3 Å². The molecule has 0 aliphatic rings. The van der Waals surface area contributed by atoms with Crippen LogP contribution in [0.3, 0.4) is 0 Å². The van der Waals surface area contributed by atoms with E-state index >= 15 is 0 Å². The van der Waals surface area contributed by atoms with E-state index in [1.165, 1.54) is 0 Å². The highest BCUT2D eigenvalue weighted by Gasteiger charge is 1.98. The molecule has 0 saturated heterocycles. The van der Waals surface area contributed by atoms with E-state index in [0.717, 1.165) is 12.0 Å². The smallest absolute Gasteiger partial charge is 0.220 e. The molecule has 0 radical (unpaired) electrons. The molecule has 0 aliphatic carbocycles. The van der Waals surface area contributed by atoms with E-state index in [4.69, 9.17) is 10.5 Å². The zero-order valence-corrected chi connectivity index (χ0v) is 11.2. The highest BCUT2D eigenvalue weighted by Crippen LogP contribution is 1.99. The van der Waals surface area contributed by atoms with Crippen LogP contribution in [0.4, 0.5) is 0 Å². The lowest BCUT2D eigenvalue weighted by Crippen LogP contribution is -2.27. The van der Waals surface area contributed by atoms with E-state index in [9.17, 15) is 4.79 Å². The fourth-order valence-electron chi connectivity index (χ4n) is 1.38. The van der Waals surface area contributed by atoms with Crippen molar-refractivity contribution in [2.24, 2.45) is 5.73 Å². The first kappa shape index (κ1) is 16.9. The summed E-state index contributed by atoms with van der Waals surface area (Å²) in [5.74, 6) is 0.0405. The molecule has 0 unspecified atom stereocenters. The molecule has 1 rings (SSSR count). The second kappa shape index (κ2) is 11.0. The van der Waals surface area contributed by atoms with Crippen LogP contribution >= 0.6 is 12.4 Å². The summed E-state index contributed by atoms with van der Waals surface area (Å²) in [6.45, 7) is 2.22. The fourth-order valence-corrected chi connectivity index (χ4v) is 1.38. The van der Waals surface area contributed by atoms with Gasteiger partial charge in [-0.25, -0.2) is 0 Å². The van der Waals surface area contributed by atoms with Crippen molar-refractivity contribution in [1.29, 1.82) is 0 Å². The number of nitrogens with two attached hydrogens (primary N) is 1. The van der Waals surface area contributed by atoms with E-state index in [1.54, 1.807) is 0 Å². The van der Waals surface area contributed by atoms with Crippen molar-refractivity contribution in [2.45, 2.75) is 19.4 Å². The van der Waals surface area contributed by atoms with Crippen LogP contribution < -0.4 is 11.1 Å². The van der Waals surface area contributed by atoms with Crippen LogP contribution in [0.1, 0.15) is 18.4 Å². The summed E-state index contributed by atoms with van der Waals surface area (Å²) in [6, 6.07) is 9.96. The van der Waals surface area contributed by atoms with Crippen LogP contribution in [0, 0.1) is 0 Å². The number of ether oxygens (including phenoxy) is 1. The van der Waals surface area contributed by atoms with E-state index in [0.29, 0.717) is 32.7 Å². The topological polar surface area (TPSA) is 64.4 Å². The molecule has 0 saturated carbocycles. The summed E-state index contributed by atoms with van der Waals surface area (Å²) in [5, 5.41) is 2.78. The maximum Gasteiger partial charge on any atom is 0.220 e. The molecule has 4 nitrogen and oxygen atoms in total. The number of halogens is 1. The SMILES string of the molecule is Cl.NCCCC(=O)NCCOCc1ccccc1. The summed E-state index contributed by atoms with van der Waals surface area (Å²) in [5.41, 5.74) is 6.45. The number of amides is 1. The van der Waals surface area contributed by atoms with Crippen molar-refractivity contribution in [3.8, 4) is 0 Å². The third-order valence-corrected chi connectivity index (χ3v) is 2.29. The summed E-state index contributed by atoms with van der Waals surface area (Å²) in [6.07, 6.45) is 1.23. The molecule has 0 heterocycles. The van der Waals surface area contributed by atoms with Crippen LogP contribution in [-0.2, 0) is 16.1 Å². The van der Waals surface area contributed by atoms with Gasteiger partial charge in [-0.2, -0.15) is 0 Å². The standard InChI is InChI=1S/C13H20N2O2.ClH/c14-8-4-7-13(16)15-9-10-17-11-12-5-2-1-3-6-12;/h1-3,5-6H,4,7-11,14H2,(H,15,16);1H. The number of nitrogens with one attached hydrogen (secondary N) is 1. The first-order valence-corrected chi connectivity index (χ1v) is 5.91. The number of carbonyl (C=O) groups is 1. The van der Waals surface area contributed by atoms with Gasteiger partial charge in [0.25, 0.3) is 0 Å². The lowest BCUT2D eigenvalue weighted by molar-refractivity contribution is -0.121. The molecule has 0 aliphatic heterocycles. The highest BCUT2D eigenvalue weighted by molar-refractivity contribution is 5.85. The van der Waals surface area contributed by atoms with Gasteiger partial charge in [-0.05, 0) is 18.5 Å². The Balaban J connectivity index is 0.00000289. The van der Waals surface area contributed by atoms with Crippen molar-refractivity contribution in [1.82, 2.24) is 5.32 Å². The van der Waals surface area contributed by atoms with Crippen LogP contribution in [-0.4, -0.2) is 25.6 Å². The van der Waals surface area contributed by atoms with Gasteiger partial charge in [0.1, 0.15) is 0 Å². The Morgan fingerprint density at radius 2 is 2.00 bits per heavy atom. The summed E-state index contributed by atoms with van der Waals surface area (Å²) in [7, 11) is 0. The zero-order chi connectivity index (χ0) is 12.3. The summed E-state index contributed by atoms with van der Waals surface area (Å²) >= 11 is 0. The van der Waals surface area contributed by atoms with Gasteiger partial charge in [0.05, 0.1) is 13.2 Å². The molecule has 1 aromatic rings. The minimum atomic E-state index is 0. The van der Waals surface area contributed by atoms with E-state index in [1.807, 2.05) is 30.3 Å². The molecule has 0 bridgehead atoms. The molecule has 102 valence electrons. The predicted molar refractivity (Wildman–Crippen MR) is 74.6 cm³/mol. The Morgan fingerprint density at radius 1 is 1.28 bits per heavy atom. The Kier molecular flexibility index (Phi) is 10.3. The van der Waals surface area contributed by atoms with Crippen LogP contribution in [0.25, 0.3) is 0 Å². The molecule has 5 heteroatoms. The number of carbonyl (C=O) groups excluding carboxylic acids is 1. The maximum absolute atomic E-state index is 11.2. The molecule has 1 amide bonds. The van der Waals surface area contributed by atoms with Gasteiger partial charge in [0.15, 0.2) is 0 Å². The molecule has 18 heavy (non-hydrogen) atoms. The molecule has 1 aromatic carbocycles. The molecule has 0 aromatic heterocycles. The average molecular weight is 273 g/mol. The van der Waals surface area contributed by atoms with Gasteiger partial charge in [-0.15, -0.1) is 12.4 Å². The van der Waals surface area contributed by atoms with Crippen LogP contribution in [0.15, 0.2) is 30.3 Å². The Hall–Kier alpha value is -1.10. The molecule has 3 N–H and O–H groups in total. The fraction of sp³-hybridized carbons (Fsp3) is 0.462. The number of hydrogen-bond acceptors (Lipinski definition) is 3. The van der Waals surface area contributed by atoms with E-state index in [2.05, 4.69) is 5.32 Å². The van der Waals surface area contributed by atoms with Crippen molar-refractivity contribution >= 4 is 18.3 Å². The van der Waals surface area contributed by atoms with Gasteiger partial charge in [-0.1, -0.05) is 30.3 Å². The Morgan fingerprint density at radius 3 is 2.67 bits per heavy atom. The maximum atomic E-state index is 11.2. The monoisotopic (exact) mass is 272 g/mol. The molecule has 0 atom stereocenters. The van der Waals surface area contributed by atoms with Crippen molar-refractivity contribution in [2.75, 3.05) is 19.7 Å². The van der Waals surface area contributed by atoms with Crippen LogP contribution in [0.2, 0.25) is 0 Å². The molecule has 0 fully saturated rings. The number of benzene rings is 1. The zero-order valence-electron chi connectivity index (χ0n) is 10.4. The summed E-state index contributed by atoms with van der Waals surface area (Å²) in [4.78, 5) is 11.2. The quantitative estimate of drug-likeness (QED) is 0.705. The van der Waals surface area contributed by atoms with Gasteiger partial charge < -0.3 is 15.8 Å². The minimum absolute atomic E-state index is 0. The largest absolute Gasteiger partial charge is 0.375 e. The first-order chi connectivity index (χ1) is 8.33. The van der Waals surface area contributed by atoms with Crippen molar-refractivity contribution < 1.29 is 9.53 Å². The highest BCUT2D eigenvalue weighted by atomic mass is 35.5. The minimum Gasteiger partial charge on any atom is -0.375 e. The third kappa shape index (κ3) is 8.06. The lowest BCUT2D eigenvalue weighted by atomic mass is 10.2. The summed E-state index contributed by atoms with van der Waals surface area (Å²) < 4.78 is 5.44. The van der Waals surface area contributed by atoms with Gasteiger partial charge in [0, 0.05) is 13.0 Å². The molecular formula is C13H21ClN2O2. The van der Waals surface area contributed by atoms with Crippen LogP contribution in [0.5, 0.6) is 0 Å². The predicted octanol–water partition coefficient (Wildman–Crippen LogP) is 1.48. The number of rotatable bonds is 8. The van der Waals surface area contributed by atoms with E-state index < -0.39 is 0 Å². The Labute approximate surface area is 114 Å². The lowest BCUT2D eigenvalue weighted by Gasteiger charge is -2.06. The average Bonchev–Trinajstić information content (AvgIpc) is 2.37.